The molecular weight excluding hydrogens is 181 g/mol. The molecule has 3 nitrogen and oxygen atoms in total. The van der Waals surface area contributed by atoms with Crippen LogP contribution in [0.5, 0.6) is 0 Å². The van der Waals surface area contributed by atoms with Gasteiger partial charge in [-0.15, -0.1) is 0 Å². The van der Waals surface area contributed by atoms with Crippen LogP contribution in [0.1, 0.15) is 20.8 Å². The molecule has 0 fully saturated rings. The molecule has 1 heterocycles. The van der Waals surface area contributed by atoms with Gasteiger partial charge in [-0.05, 0) is 11.8 Å². The minimum Gasteiger partial charge on any atom is -0.370 e. The van der Waals surface area contributed by atoms with Crippen molar-refractivity contribution >= 4 is 5.82 Å². The van der Waals surface area contributed by atoms with Gasteiger partial charge >= 0.3 is 0 Å². The summed E-state index contributed by atoms with van der Waals surface area (Å²) in [5.41, 5.74) is 0. The van der Waals surface area contributed by atoms with Crippen molar-refractivity contribution in [1.29, 1.82) is 0 Å². The van der Waals surface area contributed by atoms with Crippen LogP contribution in [-0.2, 0) is 0 Å². The van der Waals surface area contributed by atoms with Crippen molar-refractivity contribution in [2.24, 2.45) is 11.8 Å². The van der Waals surface area contributed by atoms with E-state index in [2.05, 4.69) is 36.1 Å². The van der Waals surface area contributed by atoms with E-state index < -0.39 is 5.95 Å². The van der Waals surface area contributed by atoms with Gasteiger partial charge in [0.15, 0.2) is 0 Å². The number of hydrogen-bond acceptors (Lipinski definition) is 3. The molecule has 0 aliphatic carbocycles. The second-order valence-electron chi connectivity index (χ2n) is 3.83. The van der Waals surface area contributed by atoms with Crippen LogP contribution in [0.3, 0.4) is 0 Å². The van der Waals surface area contributed by atoms with Crippen LogP contribution in [0.25, 0.3) is 0 Å². The predicted octanol–water partition coefficient (Wildman–Crippen LogP) is 2.32. The molecule has 1 N–H and O–H groups in total. The van der Waals surface area contributed by atoms with Crippen molar-refractivity contribution in [2.75, 3.05) is 11.9 Å². The lowest BCUT2D eigenvalue weighted by molar-refractivity contribution is 0.439. The molecule has 0 saturated heterocycles. The number of nitrogens with one attached hydrogen (secondary N) is 1. The first-order valence-corrected chi connectivity index (χ1v) is 4.81. The molecule has 0 aliphatic heterocycles. The Kier molecular flexibility index (Phi) is 3.80. The topological polar surface area (TPSA) is 37.8 Å². The number of rotatable bonds is 4. The zero-order valence-electron chi connectivity index (χ0n) is 8.79. The van der Waals surface area contributed by atoms with E-state index in [1.807, 2.05) is 0 Å². The van der Waals surface area contributed by atoms with Gasteiger partial charge in [-0.25, -0.2) is 9.97 Å². The average Bonchev–Trinajstić information content (AvgIpc) is 2.14. The van der Waals surface area contributed by atoms with Crippen molar-refractivity contribution in [3.05, 3.63) is 18.3 Å². The highest BCUT2D eigenvalue weighted by atomic mass is 19.1. The summed E-state index contributed by atoms with van der Waals surface area (Å²) in [5, 5.41) is 3.08. The molecule has 0 amide bonds. The Balaban J connectivity index is 2.45. The lowest BCUT2D eigenvalue weighted by Gasteiger charge is -2.16. The van der Waals surface area contributed by atoms with E-state index in [1.54, 1.807) is 0 Å². The van der Waals surface area contributed by atoms with Crippen molar-refractivity contribution in [2.45, 2.75) is 20.8 Å². The monoisotopic (exact) mass is 197 g/mol. The van der Waals surface area contributed by atoms with E-state index in [1.165, 1.54) is 12.4 Å². The molecule has 0 radical (unpaired) electrons. The molecule has 4 heteroatoms. The van der Waals surface area contributed by atoms with E-state index in [-0.39, 0.29) is 0 Å². The standard InChI is InChI=1S/C10H16FN3/c1-7(2)8(3)5-12-10-4-9(11)13-6-14-10/h4,6-8H,5H2,1-3H3,(H,12,13,14). The maximum Gasteiger partial charge on any atom is 0.217 e. The Hall–Kier alpha value is -1.19. The van der Waals surface area contributed by atoms with E-state index in [0.29, 0.717) is 17.7 Å². The summed E-state index contributed by atoms with van der Waals surface area (Å²) >= 11 is 0. The summed E-state index contributed by atoms with van der Waals surface area (Å²) in [4.78, 5) is 7.29. The third-order valence-corrected chi connectivity index (χ3v) is 2.38. The number of nitrogens with zero attached hydrogens (tertiary/aromatic N) is 2. The molecule has 1 aromatic rings. The highest BCUT2D eigenvalue weighted by Crippen LogP contribution is 2.10. The molecule has 14 heavy (non-hydrogen) atoms. The number of halogens is 1. The summed E-state index contributed by atoms with van der Waals surface area (Å²) in [6, 6.07) is 1.30. The van der Waals surface area contributed by atoms with Crippen LogP contribution in [-0.4, -0.2) is 16.5 Å². The Morgan fingerprint density at radius 2 is 2.07 bits per heavy atom. The van der Waals surface area contributed by atoms with E-state index in [4.69, 9.17) is 0 Å². The van der Waals surface area contributed by atoms with Gasteiger partial charge < -0.3 is 5.32 Å². The molecule has 0 aliphatic rings. The van der Waals surface area contributed by atoms with Crippen LogP contribution < -0.4 is 5.32 Å². The normalized spacial score (nSPS) is 12.9. The maximum atomic E-state index is 12.7. The van der Waals surface area contributed by atoms with Crippen LogP contribution >= 0.6 is 0 Å². The van der Waals surface area contributed by atoms with Gasteiger partial charge in [-0.3, -0.25) is 0 Å². The Labute approximate surface area is 83.8 Å². The minimum atomic E-state index is -0.500. The minimum absolute atomic E-state index is 0.500. The van der Waals surface area contributed by atoms with Crippen LogP contribution in [0.2, 0.25) is 0 Å². The van der Waals surface area contributed by atoms with Crippen molar-refractivity contribution in [3.63, 3.8) is 0 Å². The van der Waals surface area contributed by atoms with E-state index in [0.717, 1.165) is 6.54 Å². The molecule has 1 rings (SSSR count). The fourth-order valence-corrected chi connectivity index (χ4v) is 0.932. The lowest BCUT2D eigenvalue weighted by atomic mass is 9.98. The summed E-state index contributed by atoms with van der Waals surface area (Å²) in [6.07, 6.45) is 1.22. The van der Waals surface area contributed by atoms with Gasteiger partial charge in [0.2, 0.25) is 5.95 Å². The second-order valence-corrected chi connectivity index (χ2v) is 3.83. The zero-order chi connectivity index (χ0) is 10.6. The lowest BCUT2D eigenvalue weighted by Crippen LogP contribution is -2.16. The van der Waals surface area contributed by atoms with Gasteiger partial charge in [-0.2, -0.15) is 4.39 Å². The number of anilines is 1. The van der Waals surface area contributed by atoms with Gasteiger partial charge in [0.05, 0.1) is 0 Å². The third-order valence-electron chi connectivity index (χ3n) is 2.38. The molecule has 0 aromatic carbocycles. The van der Waals surface area contributed by atoms with Gasteiger partial charge in [-0.1, -0.05) is 20.8 Å². The van der Waals surface area contributed by atoms with E-state index in [9.17, 15) is 4.39 Å². The SMILES string of the molecule is CC(C)C(C)CNc1cc(F)ncn1. The van der Waals surface area contributed by atoms with Gasteiger partial charge in [0.1, 0.15) is 12.1 Å². The third kappa shape index (κ3) is 3.28. The van der Waals surface area contributed by atoms with Crippen molar-refractivity contribution in [3.8, 4) is 0 Å². The molecule has 0 saturated carbocycles. The first-order chi connectivity index (χ1) is 6.59. The molecular formula is C10H16FN3. The maximum absolute atomic E-state index is 12.7. The molecule has 1 aromatic heterocycles. The summed E-state index contributed by atoms with van der Waals surface area (Å²) in [6.45, 7) is 7.27. The zero-order valence-corrected chi connectivity index (χ0v) is 8.79. The van der Waals surface area contributed by atoms with E-state index >= 15 is 0 Å². The molecule has 78 valence electrons. The first kappa shape index (κ1) is 10.9. The fourth-order valence-electron chi connectivity index (χ4n) is 0.932. The molecule has 0 spiro atoms. The van der Waals surface area contributed by atoms with Crippen molar-refractivity contribution in [1.82, 2.24) is 9.97 Å². The highest BCUT2D eigenvalue weighted by Gasteiger charge is 2.06. The molecule has 1 unspecified atom stereocenters. The second kappa shape index (κ2) is 4.88. The Bertz CT molecular complexity index is 288. The summed E-state index contributed by atoms with van der Waals surface area (Å²) < 4.78 is 12.7. The quantitative estimate of drug-likeness (QED) is 0.753. The van der Waals surface area contributed by atoms with Crippen LogP contribution in [0, 0.1) is 17.8 Å². The summed E-state index contributed by atoms with van der Waals surface area (Å²) in [7, 11) is 0. The van der Waals surface area contributed by atoms with Gasteiger partial charge in [0.25, 0.3) is 0 Å². The predicted molar refractivity (Wildman–Crippen MR) is 54.5 cm³/mol. The smallest absolute Gasteiger partial charge is 0.217 e. The Morgan fingerprint density at radius 3 is 2.64 bits per heavy atom. The number of hydrogen-bond donors (Lipinski definition) is 1. The average molecular weight is 197 g/mol. The molecule has 1 atom stereocenters. The first-order valence-electron chi connectivity index (χ1n) is 4.81. The number of aromatic nitrogens is 2. The summed E-state index contributed by atoms with van der Waals surface area (Å²) in [5.74, 6) is 1.19. The highest BCUT2D eigenvalue weighted by molar-refractivity contribution is 5.31. The van der Waals surface area contributed by atoms with Crippen LogP contribution in [0.15, 0.2) is 12.4 Å². The Morgan fingerprint density at radius 1 is 1.36 bits per heavy atom. The fraction of sp³-hybridized carbons (Fsp3) is 0.600. The van der Waals surface area contributed by atoms with Gasteiger partial charge in [0, 0.05) is 12.6 Å². The van der Waals surface area contributed by atoms with Crippen molar-refractivity contribution < 1.29 is 4.39 Å². The molecule has 0 bridgehead atoms. The largest absolute Gasteiger partial charge is 0.370 e. The van der Waals surface area contributed by atoms with Crippen LogP contribution in [0.4, 0.5) is 10.2 Å².